The van der Waals surface area contributed by atoms with Crippen LogP contribution in [-0.2, 0) is 30.8 Å². The van der Waals surface area contributed by atoms with E-state index in [1.54, 1.807) is 24.5 Å². The van der Waals surface area contributed by atoms with Gasteiger partial charge in [-0.1, -0.05) is 17.3 Å². The number of rotatable bonds is 8. The predicted octanol–water partition coefficient (Wildman–Crippen LogP) is 3.03. The molecule has 1 aromatic carbocycles. The van der Waals surface area contributed by atoms with Gasteiger partial charge in [-0.25, -0.2) is 18.4 Å². The number of thiazole rings is 2. The van der Waals surface area contributed by atoms with Gasteiger partial charge >= 0.3 is 0 Å². The maximum Gasteiger partial charge on any atom is 0.280 e. The Morgan fingerprint density at radius 2 is 2.12 bits per heavy atom. The van der Waals surface area contributed by atoms with Gasteiger partial charge < -0.3 is 9.57 Å². The first kappa shape index (κ1) is 22.5. The highest BCUT2D eigenvalue weighted by Crippen LogP contribution is 2.23. The highest BCUT2D eigenvalue weighted by atomic mass is 32.2. The molecule has 1 fully saturated rings. The lowest BCUT2D eigenvalue weighted by Gasteiger charge is -2.11. The molecule has 0 saturated carbocycles. The van der Waals surface area contributed by atoms with E-state index in [4.69, 9.17) is 9.57 Å². The molecule has 0 spiro atoms. The molecule has 0 radical (unpaired) electrons. The van der Waals surface area contributed by atoms with Crippen LogP contribution in [-0.4, -0.2) is 48.5 Å². The van der Waals surface area contributed by atoms with E-state index < -0.39 is 21.0 Å². The van der Waals surface area contributed by atoms with Gasteiger partial charge in [0.25, 0.3) is 5.91 Å². The smallest absolute Gasteiger partial charge is 0.280 e. The number of carbonyl (C=O) groups is 1. The Morgan fingerprint density at radius 1 is 1.31 bits per heavy atom. The second kappa shape index (κ2) is 9.86. The third kappa shape index (κ3) is 5.21. The van der Waals surface area contributed by atoms with Crippen LogP contribution in [0.2, 0.25) is 0 Å². The summed E-state index contributed by atoms with van der Waals surface area (Å²) in [7, 11) is -3.51. The second-order valence-electron chi connectivity index (χ2n) is 6.92. The van der Waals surface area contributed by atoms with Gasteiger partial charge in [0.15, 0.2) is 27.3 Å². The van der Waals surface area contributed by atoms with Crippen molar-refractivity contribution in [3.63, 3.8) is 0 Å². The molecule has 2 aromatic heterocycles. The van der Waals surface area contributed by atoms with E-state index in [1.807, 2.05) is 12.3 Å². The highest BCUT2D eigenvalue weighted by molar-refractivity contribution is 7.92. The zero-order chi connectivity index (χ0) is 22.6. The van der Waals surface area contributed by atoms with Crippen LogP contribution in [0, 0.1) is 6.92 Å². The highest BCUT2D eigenvalue weighted by Gasteiger charge is 2.31. The quantitative estimate of drug-likeness (QED) is 0.379. The molecule has 1 atom stereocenters. The second-order valence-corrected chi connectivity index (χ2v) is 11.4. The van der Waals surface area contributed by atoms with Crippen LogP contribution in [0.15, 0.2) is 52.1 Å². The summed E-state index contributed by atoms with van der Waals surface area (Å²) >= 11 is 2.74. The summed E-state index contributed by atoms with van der Waals surface area (Å²) in [6.07, 6.45) is 3.78. The minimum Gasteiger partial charge on any atom is -0.388 e. The number of anilines is 1. The van der Waals surface area contributed by atoms with Crippen molar-refractivity contribution in [3.05, 3.63) is 57.5 Å². The van der Waals surface area contributed by atoms with Crippen molar-refractivity contribution < 1.29 is 22.8 Å². The number of amides is 1. The van der Waals surface area contributed by atoms with Gasteiger partial charge in [-0.05, 0) is 25.5 Å². The van der Waals surface area contributed by atoms with E-state index in [0.29, 0.717) is 28.7 Å². The van der Waals surface area contributed by atoms with Crippen molar-refractivity contribution in [1.29, 1.82) is 0 Å². The number of benzene rings is 1. The van der Waals surface area contributed by atoms with Crippen LogP contribution < -0.4 is 5.32 Å². The molecule has 3 aromatic rings. The Hall–Kier alpha value is -2.67. The van der Waals surface area contributed by atoms with Crippen molar-refractivity contribution in [2.75, 3.05) is 18.5 Å². The SMILES string of the molecule is Cc1cnc(NC(=O)/C(=N/OCc2nccs2)c2ccc(S(=O)(=O)[C@H]3CCOC3)cc2)s1. The molecule has 3 heterocycles. The fraction of sp³-hybridized carbons (Fsp3) is 0.300. The summed E-state index contributed by atoms with van der Waals surface area (Å²) in [6.45, 7) is 2.62. The Morgan fingerprint density at radius 3 is 2.75 bits per heavy atom. The molecule has 9 nitrogen and oxygen atoms in total. The van der Waals surface area contributed by atoms with Gasteiger partial charge in [0.05, 0.1) is 16.8 Å². The molecular formula is C20H20N4O5S3. The largest absolute Gasteiger partial charge is 0.388 e. The van der Waals surface area contributed by atoms with Gasteiger partial charge in [-0.2, -0.15) is 0 Å². The summed E-state index contributed by atoms with van der Waals surface area (Å²) in [5, 5.41) is 9.13. The number of aromatic nitrogens is 2. The number of aryl methyl sites for hydroxylation is 1. The molecule has 12 heteroatoms. The molecular weight excluding hydrogens is 472 g/mol. The first-order valence-corrected chi connectivity index (χ1v) is 12.9. The van der Waals surface area contributed by atoms with Crippen LogP contribution in [0.4, 0.5) is 5.13 Å². The molecule has 1 aliphatic heterocycles. The molecule has 0 bridgehead atoms. The normalized spacial score (nSPS) is 16.8. The fourth-order valence-electron chi connectivity index (χ4n) is 3.02. The maximum atomic E-state index is 12.9. The maximum absolute atomic E-state index is 12.9. The van der Waals surface area contributed by atoms with Crippen molar-refractivity contribution in [2.24, 2.45) is 5.16 Å². The van der Waals surface area contributed by atoms with E-state index >= 15 is 0 Å². The Bertz CT molecular complexity index is 1200. The van der Waals surface area contributed by atoms with Crippen molar-refractivity contribution >= 4 is 49.3 Å². The molecule has 1 amide bonds. The average Bonchev–Trinajstić information content (AvgIpc) is 3.55. The van der Waals surface area contributed by atoms with E-state index in [0.717, 1.165) is 4.88 Å². The van der Waals surface area contributed by atoms with Gasteiger partial charge in [-0.15, -0.1) is 22.7 Å². The number of hydrogen-bond donors (Lipinski definition) is 1. The lowest BCUT2D eigenvalue weighted by atomic mass is 10.1. The predicted molar refractivity (Wildman–Crippen MR) is 122 cm³/mol. The number of nitrogens with zero attached hydrogens (tertiary/aromatic N) is 3. The summed E-state index contributed by atoms with van der Waals surface area (Å²) < 4.78 is 30.8. The van der Waals surface area contributed by atoms with E-state index in [2.05, 4.69) is 20.4 Å². The minimum atomic E-state index is -3.51. The van der Waals surface area contributed by atoms with Crippen molar-refractivity contribution in [2.45, 2.75) is 30.1 Å². The zero-order valence-corrected chi connectivity index (χ0v) is 19.5. The topological polar surface area (TPSA) is 120 Å². The fourth-order valence-corrected chi connectivity index (χ4v) is 5.79. The van der Waals surface area contributed by atoms with E-state index in [9.17, 15) is 13.2 Å². The van der Waals surface area contributed by atoms with Crippen molar-refractivity contribution in [3.8, 4) is 0 Å². The van der Waals surface area contributed by atoms with Crippen LogP contribution >= 0.6 is 22.7 Å². The van der Waals surface area contributed by atoms with E-state index in [1.165, 1.54) is 34.8 Å². The number of sulfone groups is 1. The van der Waals surface area contributed by atoms with Gasteiger partial charge in [-0.3, -0.25) is 10.1 Å². The molecule has 0 unspecified atom stereocenters. The molecule has 168 valence electrons. The van der Waals surface area contributed by atoms with Crippen molar-refractivity contribution in [1.82, 2.24) is 9.97 Å². The number of hydrogen-bond acceptors (Lipinski definition) is 10. The Kier molecular flexibility index (Phi) is 6.94. The van der Waals surface area contributed by atoms with Gasteiger partial charge in [0.2, 0.25) is 0 Å². The molecule has 4 rings (SSSR count). The lowest BCUT2D eigenvalue weighted by Crippen LogP contribution is -2.25. The molecule has 0 aliphatic carbocycles. The summed E-state index contributed by atoms with van der Waals surface area (Å²) in [4.78, 5) is 27.6. The molecule has 32 heavy (non-hydrogen) atoms. The van der Waals surface area contributed by atoms with E-state index in [-0.39, 0.29) is 23.8 Å². The lowest BCUT2D eigenvalue weighted by molar-refractivity contribution is -0.110. The molecule has 1 N–H and O–H groups in total. The van der Waals surface area contributed by atoms with Crippen LogP contribution in [0.3, 0.4) is 0 Å². The number of nitrogens with one attached hydrogen (secondary N) is 1. The molecule has 1 aliphatic rings. The number of ether oxygens (including phenoxy) is 1. The number of oxime groups is 1. The van der Waals surface area contributed by atoms with Gasteiger partial charge in [0.1, 0.15) is 5.01 Å². The van der Waals surface area contributed by atoms with Crippen LogP contribution in [0.25, 0.3) is 0 Å². The first-order valence-electron chi connectivity index (χ1n) is 9.67. The first-order chi connectivity index (χ1) is 15.4. The summed E-state index contributed by atoms with van der Waals surface area (Å²) in [6, 6.07) is 6.03. The van der Waals surface area contributed by atoms with Crippen LogP contribution in [0.1, 0.15) is 21.9 Å². The zero-order valence-electron chi connectivity index (χ0n) is 17.1. The summed E-state index contributed by atoms with van der Waals surface area (Å²) in [5.74, 6) is -0.515. The number of carbonyl (C=O) groups excluding carboxylic acids is 1. The Balaban J connectivity index is 1.57. The van der Waals surface area contributed by atoms with Gasteiger partial charge in [0, 0.05) is 34.8 Å². The third-order valence-corrected chi connectivity index (χ3v) is 8.43. The minimum absolute atomic E-state index is 0.00237. The summed E-state index contributed by atoms with van der Waals surface area (Å²) in [5.41, 5.74) is 0.416. The monoisotopic (exact) mass is 492 g/mol. The van der Waals surface area contributed by atoms with Crippen LogP contribution in [0.5, 0.6) is 0 Å². The third-order valence-electron chi connectivity index (χ3n) is 4.67. The average molecular weight is 493 g/mol. The molecule has 1 saturated heterocycles. The Labute approximate surface area is 193 Å². The standard InChI is InChI=1S/C20H20N4O5S3/c1-13-10-22-20(31-13)23-19(25)18(24-29-12-17-21-7-9-30-17)14-2-4-15(5-3-14)32(26,27)16-6-8-28-11-16/h2-5,7,9-10,16H,6,8,11-12H2,1H3,(H,22,23,25)/b24-18+/t16-/m0/s1.